The van der Waals surface area contributed by atoms with Crippen LogP contribution in [0.25, 0.3) is 11.5 Å². The Morgan fingerprint density at radius 1 is 1.46 bits per heavy atom. The van der Waals surface area contributed by atoms with Crippen molar-refractivity contribution in [3.8, 4) is 17.5 Å². The first-order valence-electron chi connectivity index (χ1n) is 7.29. The van der Waals surface area contributed by atoms with E-state index in [1.807, 2.05) is 38.1 Å². The van der Waals surface area contributed by atoms with Crippen molar-refractivity contribution in [1.29, 1.82) is 5.26 Å². The van der Waals surface area contributed by atoms with Gasteiger partial charge in [-0.1, -0.05) is 37.7 Å². The summed E-state index contributed by atoms with van der Waals surface area (Å²) in [5.74, 6) is 0.233. The minimum atomic E-state index is -0.896. The number of amides is 1. The Hall–Kier alpha value is -1.85. The summed E-state index contributed by atoms with van der Waals surface area (Å²) in [6, 6.07) is 9.65. The zero-order valence-electron chi connectivity index (χ0n) is 13.5. The lowest BCUT2D eigenvalue weighted by Gasteiger charge is -2.27. The molecule has 0 aliphatic rings. The van der Waals surface area contributed by atoms with Crippen molar-refractivity contribution in [3.63, 3.8) is 0 Å². The fourth-order valence-corrected chi connectivity index (χ4v) is 2.78. The fraction of sp³-hybridized carbons (Fsp3) is 0.375. The van der Waals surface area contributed by atoms with Crippen LogP contribution in [0.2, 0.25) is 0 Å². The SMILES string of the molecule is CC(C)C(C)(C#N)NC(=O)CSc1nnc(-c2ccccc2Br)o1. The molecule has 0 spiro atoms. The van der Waals surface area contributed by atoms with Crippen LogP contribution in [0.1, 0.15) is 20.8 Å². The van der Waals surface area contributed by atoms with Gasteiger partial charge >= 0.3 is 0 Å². The molecule has 1 aromatic heterocycles. The van der Waals surface area contributed by atoms with Crippen molar-refractivity contribution in [2.45, 2.75) is 31.5 Å². The lowest BCUT2D eigenvalue weighted by Crippen LogP contribution is -2.49. The van der Waals surface area contributed by atoms with Crippen molar-refractivity contribution >= 4 is 33.6 Å². The van der Waals surface area contributed by atoms with E-state index < -0.39 is 5.54 Å². The summed E-state index contributed by atoms with van der Waals surface area (Å²) in [5, 5.41) is 20.2. The highest BCUT2D eigenvalue weighted by Gasteiger charge is 2.30. The first kappa shape index (κ1) is 18.5. The molecule has 2 rings (SSSR count). The molecule has 0 saturated heterocycles. The predicted octanol–water partition coefficient (Wildman–Crippen LogP) is 3.65. The van der Waals surface area contributed by atoms with Crippen LogP contribution < -0.4 is 5.32 Å². The van der Waals surface area contributed by atoms with E-state index in [0.717, 1.165) is 21.8 Å². The molecular weight excluding hydrogens is 392 g/mol. The molecule has 0 radical (unpaired) electrons. The Kier molecular flexibility index (Phi) is 6.02. The number of nitriles is 1. The molecule has 0 fully saturated rings. The first-order valence-corrected chi connectivity index (χ1v) is 9.07. The van der Waals surface area contributed by atoms with Gasteiger partial charge in [0, 0.05) is 4.47 Å². The Labute approximate surface area is 153 Å². The van der Waals surface area contributed by atoms with Crippen molar-refractivity contribution in [2.75, 3.05) is 5.75 Å². The molecule has 2 aromatic rings. The second-order valence-corrected chi connectivity index (χ2v) is 7.44. The fourth-order valence-electron chi connectivity index (χ4n) is 1.77. The third-order valence-electron chi connectivity index (χ3n) is 3.62. The summed E-state index contributed by atoms with van der Waals surface area (Å²) in [6.07, 6.45) is 0. The minimum absolute atomic E-state index is 0.00175. The van der Waals surface area contributed by atoms with Crippen LogP contribution >= 0.6 is 27.7 Å². The van der Waals surface area contributed by atoms with Gasteiger partial charge in [0.2, 0.25) is 11.8 Å². The van der Waals surface area contributed by atoms with Gasteiger partial charge in [0.15, 0.2) is 0 Å². The third kappa shape index (κ3) is 4.36. The van der Waals surface area contributed by atoms with E-state index in [1.165, 1.54) is 0 Å². The van der Waals surface area contributed by atoms with E-state index in [1.54, 1.807) is 6.92 Å². The summed E-state index contributed by atoms with van der Waals surface area (Å²) < 4.78 is 6.42. The maximum absolute atomic E-state index is 12.0. The number of carbonyl (C=O) groups excluding carboxylic acids is 1. The number of halogens is 1. The normalized spacial score (nSPS) is 13.3. The summed E-state index contributed by atoms with van der Waals surface area (Å²) in [7, 11) is 0. The lowest BCUT2D eigenvalue weighted by atomic mass is 9.90. The Morgan fingerprint density at radius 3 is 2.79 bits per heavy atom. The van der Waals surface area contributed by atoms with Crippen LogP contribution in [0.3, 0.4) is 0 Å². The molecule has 126 valence electrons. The van der Waals surface area contributed by atoms with Crippen LogP contribution in [0.5, 0.6) is 0 Å². The number of benzene rings is 1. The summed E-state index contributed by atoms with van der Waals surface area (Å²) >= 11 is 4.57. The minimum Gasteiger partial charge on any atom is -0.411 e. The number of rotatable bonds is 6. The number of hydrogen-bond donors (Lipinski definition) is 1. The average Bonchev–Trinajstić information content (AvgIpc) is 3.01. The summed E-state index contributed by atoms with van der Waals surface area (Å²) in [4.78, 5) is 12.0. The molecule has 0 aliphatic carbocycles. The highest BCUT2D eigenvalue weighted by atomic mass is 79.9. The maximum atomic E-state index is 12.0. The van der Waals surface area contributed by atoms with E-state index in [-0.39, 0.29) is 17.6 Å². The van der Waals surface area contributed by atoms with Gasteiger partial charge in [-0.3, -0.25) is 4.79 Å². The summed E-state index contributed by atoms with van der Waals surface area (Å²) in [6.45, 7) is 5.48. The predicted molar refractivity (Wildman–Crippen MR) is 95.2 cm³/mol. The number of carbonyl (C=O) groups is 1. The molecule has 24 heavy (non-hydrogen) atoms. The van der Waals surface area contributed by atoms with Crippen LogP contribution in [0.4, 0.5) is 0 Å². The molecule has 1 unspecified atom stereocenters. The second kappa shape index (κ2) is 7.81. The van der Waals surface area contributed by atoms with Crippen molar-refractivity contribution in [3.05, 3.63) is 28.7 Å². The molecule has 0 aliphatic heterocycles. The standard InChI is InChI=1S/C16H17BrN4O2S/c1-10(2)16(3,9-18)19-13(22)8-24-15-21-20-14(23-15)11-6-4-5-7-12(11)17/h4-7,10H,8H2,1-3H3,(H,19,22). The van der Waals surface area contributed by atoms with E-state index in [9.17, 15) is 10.1 Å². The number of hydrogen-bond acceptors (Lipinski definition) is 6. The van der Waals surface area contributed by atoms with Crippen molar-refractivity contribution < 1.29 is 9.21 Å². The van der Waals surface area contributed by atoms with Crippen LogP contribution in [-0.4, -0.2) is 27.4 Å². The van der Waals surface area contributed by atoms with Crippen molar-refractivity contribution in [1.82, 2.24) is 15.5 Å². The molecule has 0 saturated carbocycles. The molecule has 8 heteroatoms. The first-order chi connectivity index (χ1) is 11.4. The van der Waals surface area contributed by atoms with Gasteiger partial charge in [-0.2, -0.15) is 5.26 Å². The molecule has 1 atom stereocenters. The zero-order chi connectivity index (χ0) is 17.7. The smallest absolute Gasteiger partial charge is 0.277 e. The molecule has 6 nitrogen and oxygen atoms in total. The molecule has 1 heterocycles. The van der Waals surface area contributed by atoms with Crippen LogP contribution in [0, 0.1) is 17.2 Å². The van der Waals surface area contributed by atoms with Crippen LogP contribution in [0.15, 0.2) is 38.4 Å². The molecular formula is C16H17BrN4O2S. The number of thioether (sulfide) groups is 1. The highest BCUT2D eigenvalue weighted by Crippen LogP contribution is 2.29. The van der Waals surface area contributed by atoms with E-state index >= 15 is 0 Å². The van der Waals surface area contributed by atoms with E-state index in [4.69, 9.17) is 4.42 Å². The quantitative estimate of drug-likeness (QED) is 0.733. The number of nitrogens with zero attached hydrogens (tertiary/aromatic N) is 3. The Morgan fingerprint density at radius 2 is 2.17 bits per heavy atom. The second-order valence-electron chi connectivity index (χ2n) is 5.66. The molecule has 1 N–H and O–H groups in total. The Balaban J connectivity index is 1.98. The largest absolute Gasteiger partial charge is 0.411 e. The monoisotopic (exact) mass is 408 g/mol. The van der Waals surface area contributed by atoms with Gasteiger partial charge in [0.1, 0.15) is 5.54 Å². The maximum Gasteiger partial charge on any atom is 0.277 e. The van der Waals surface area contributed by atoms with Gasteiger partial charge in [-0.15, -0.1) is 10.2 Å². The third-order valence-corrected chi connectivity index (χ3v) is 5.13. The van der Waals surface area contributed by atoms with Crippen LogP contribution in [-0.2, 0) is 4.79 Å². The van der Waals surface area contributed by atoms with Gasteiger partial charge in [-0.25, -0.2) is 0 Å². The molecule has 1 aromatic carbocycles. The zero-order valence-corrected chi connectivity index (χ0v) is 15.9. The van der Waals surface area contributed by atoms with E-state index in [2.05, 4.69) is 37.5 Å². The van der Waals surface area contributed by atoms with E-state index in [0.29, 0.717) is 11.1 Å². The number of nitrogens with one attached hydrogen (secondary N) is 1. The van der Waals surface area contributed by atoms with Crippen molar-refractivity contribution in [2.24, 2.45) is 5.92 Å². The number of aromatic nitrogens is 2. The average molecular weight is 409 g/mol. The topological polar surface area (TPSA) is 91.8 Å². The molecule has 0 bridgehead atoms. The summed E-state index contributed by atoms with van der Waals surface area (Å²) in [5.41, 5.74) is -0.106. The van der Waals surface area contributed by atoms with Gasteiger partial charge in [0.05, 0.1) is 17.4 Å². The van der Waals surface area contributed by atoms with Gasteiger partial charge in [0.25, 0.3) is 5.22 Å². The molecule has 1 amide bonds. The Bertz CT molecular complexity index is 771. The lowest BCUT2D eigenvalue weighted by molar-refractivity contribution is -0.120. The van der Waals surface area contributed by atoms with Gasteiger partial charge < -0.3 is 9.73 Å². The van der Waals surface area contributed by atoms with Gasteiger partial charge in [-0.05, 0) is 40.9 Å². The highest BCUT2D eigenvalue weighted by molar-refractivity contribution is 9.10.